The molecule has 0 saturated heterocycles. The monoisotopic (exact) mass is 343 g/mol. The lowest BCUT2D eigenvalue weighted by atomic mass is 9.96. The number of hydrogen-bond donors (Lipinski definition) is 2. The molecule has 1 atom stereocenters. The maximum absolute atomic E-state index is 12.1. The molecule has 0 unspecified atom stereocenters. The molecule has 1 aromatic heterocycles. The molecule has 6 nitrogen and oxygen atoms in total. The third-order valence-corrected chi connectivity index (χ3v) is 4.79. The Hall–Kier alpha value is -2.50. The number of carbonyl (C=O) groups is 1. The van der Waals surface area contributed by atoms with Crippen LogP contribution in [-0.2, 0) is 17.6 Å². The van der Waals surface area contributed by atoms with Crippen LogP contribution in [0.5, 0.6) is 11.5 Å². The van der Waals surface area contributed by atoms with E-state index in [-0.39, 0.29) is 5.91 Å². The number of nitrogens with zero attached hydrogens (tertiary/aromatic N) is 1. The molecule has 3 rings (SSSR count). The first kappa shape index (κ1) is 17.3. The summed E-state index contributed by atoms with van der Waals surface area (Å²) in [5, 5.41) is 10.2. The lowest BCUT2D eigenvalue weighted by molar-refractivity contribution is -0.121. The lowest BCUT2D eigenvalue weighted by Crippen LogP contribution is -2.34. The van der Waals surface area contributed by atoms with Crippen LogP contribution in [0.25, 0.3) is 0 Å². The minimum absolute atomic E-state index is 0.0561. The number of aryl methyl sites for hydroxylation is 2. The van der Waals surface area contributed by atoms with Crippen molar-refractivity contribution in [3.8, 4) is 11.5 Å². The predicted octanol–water partition coefficient (Wildman–Crippen LogP) is 2.34. The van der Waals surface area contributed by atoms with Gasteiger partial charge in [0.05, 0.1) is 19.4 Å². The summed E-state index contributed by atoms with van der Waals surface area (Å²) in [7, 11) is 1.65. The number of aromatic nitrogens is 2. The second-order valence-corrected chi connectivity index (χ2v) is 6.58. The van der Waals surface area contributed by atoms with Crippen molar-refractivity contribution in [2.45, 2.75) is 33.1 Å². The largest absolute Gasteiger partial charge is 0.497 e. The molecule has 2 heterocycles. The van der Waals surface area contributed by atoms with Gasteiger partial charge in [-0.2, -0.15) is 5.10 Å². The Morgan fingerprint density at radius 3 is 3.00 bits per heavy atom. The number of fused-ring (bicyclic) bond motifs is 1. The number of carbonyl (C=O) groups excluding carboxylic acids is 1. The van der Waals surface area contributed by atoms with Crippen molar-refractivity contribution < 1.29 is 14.3 Å². The SMILES string of the molecule is COc1ccc2c(c1)OC[C@H](CNC(=O)CCc1n[nH]c(C)c1C)C2. The molecule has 1 aliphatic heterocycles. The van der Waals surface area contributed by atoms with Crippen LogP contribution in [0.4, 0.5) is 0 Å². The molecule has 25 heavy (non-hydrogen) atoms. The number of aromatic amines is 1. The fraction of sp³-hybridized carbons (Fsp3) is 0.474. The van der Waals surface area contributed by atoms with Gasteiger partial charge in [0, 0.05) is 37.1 Å². The van der Waals surface area contributed by atoms with Gasteiger partial charge < -0.3 is 14.8 Å². The second kappa shape index (κ2) is 7.59. The average molecular weight is 343 g/mol. The molecular formula is C19H25N3O3. The highest BCUT2D eigenvalue weighted by atomic mass is 16.5. The van der Waals surface area contributed by atoms with E-state index in [2.05, 4.69) is 15.5 Å². The van der Waals surface area contributed by atoms with E-state index in [1.54, 1.807) is 7.11 Å². The van der Waals surface area contributed by atoms with Crippen LogP contribution >= 0.6 is 0 Å². The first-order valence-electron chi connectivity index (χ1n) is 8.63. The van der Waals surface area contributed by atoms with Gasteiger partial charge in [0.25, 0.3) is 0 Å². The molecule has 0 spiro atoms. The number of rotatable bonds is 6. The van der Waals surface area contributed by atoms with Gasteiger partial charge in [0.15, 0.2) is 0 Å². The van der Waals surface area contributed by atoms with Crippen molar-refractivity contribution in [3.63, 3.8) is 0 Å². The van der Waals surface area contributed by atoms with Gasteiger partial charge in [0.2, 0.25) is 5.91 Å². The maximum atomic E-state index is 12.1. The first-order chi connectivity index (χ1) is 12.1. The summed E-state index contributed by atoms with van der Waals surface area (Å²) in [5.74, 6) is 2.03. The van der Waals surface area contributed by atoms with E-state index in [1.807, 2.05) is 32.0 Å². The Morgan fingerprint density at radius 2 is 2.28 bits per heavy atom. The quantitative estimate of drug-likeness (QED) is 0.844. The summed E-state index contributed by atoms with van der Waals surface area (Å²) in [4.78, 5) is 12.1. The Labute approximate surface area is 147 Å². The highest BCUT2D eigenvalue weighted by Crippen LogP contribution is 2.30. The molecule has 1 aromatic carbocycles. The highest BCUT2D eigenvalue weighted by molar-refractivity contribution is 5.76. The van der Waals surface area contributed by atoms with Crippen molar-refractivity contribution >= 4 is 5.91 Å². The van der Waals surface area contributed by atoms with Crippen LogP contribution < -0.4 is 14.8 Å². The smallest absolute Gasteiger partial charge is 0.220 e. The number of amides is 1. The lowest BCUT2D eigenvalue weighted by Gasteiger charge is -2.25. The summed E-state index contributed by atoms with van der Waals surface area (Å²) in [6.07, 6.45) is 2.01. The van der Waals surface area contributed by atoms with Crippen LogP contribution in [0.1, 0.15) is 28.9 Å². The van der Waals surface area contributed by atoms with Crippen LogP contribution in [0, 0.1) is 19.8 Å². The highest BCUT2D eigenvalue weighted by Gasteiger charge is 2.21. The molecule has 0 saturated carbocycles. The summed E-state index contributed by atoms with van der Waals surface area (Å²) < 4.78 is 11.0. The Bertz CT molecular complexity index is 754. The minimum atomic E-state index is 0.0561. The van der Waals surface area contributed by atoms with Gasteiger partial charge in [0.1, 0.15) is 11.5 Å². The zero-order valence-electron chi connectivity index (χ0n) is 15.0. The van der Waals surface area contributed by atoms with Gasteiger partial charge in [-0.1, -0.05) is 6.07 Å². The van der Waals surface area contributed by atoms with Gasteiger partial charge in [-0.25, -0.2) is 0 Å². The zero-order chi connectivity index (χ0) is 17.8. The van der Waals surface area contributed by atoms with E-state index in [4.69, 9.17) is 9.47 Å². The molecule has 6 heteroatoms. The van der Waals surface area contributed by atoms with Gasteiger partial charge in [-0.3, -0.25) is 9.89 Å². The minimum Gasteiger partial charge on any atom is -0.497 e. The van der Waals surface area contributed by atoms with E-state index in [9.17, 15) is 4.79 Å². The van der Waals surface area contributed by atoms with Crippen molar-refractivity contribution in [2.24, 2.45) is 5.92 Å². The summed E-state index contributed by atoms with van der Waals surface area (Å²) in [6.45, 7) is 5.25. The number of methoxy groups -OCH3 is 1. The van der Waals surface area contributed by atoms with Crippen LogP contribution in [0.15, 0.2) is 18.2 Å². The molecule has 0 bridgehead atoms. The van der Waals surface area contributed by atoms with Crippen molar-refractivity contribution in [2.75, 3.05) is 20.3 Å². The third kappa shape index (κ3) is 4.13. The second-order valence-electron chi connectivity index (χ2n) is 6.58. The number of hydrogen-bond acceptors (Lipinski definition) is 4. The van der Waals surface area contributed by atoms with E-state index in [1.165, 1.54) is 0 Å². The summed E-state index contributed by atoms with van der Waals surface area (Å²) >= 11 is 0. The Kier molecular flexibility index (Phi) is 5.26. The third-order valence-electron chi connectivity index (χ3n) is 4.79. The fourth-order valence-corrected chi connectivity index (χ4v) is 3.03. The molecular weight excluding hydrogens is 318 g/mol. The summed E-state index contributed by atoms with van der Waals surface area (Å²) in [5.41, 5.74) is 4.33. The van der Waals surface area contributed by atoms with Crippen molar-refractivity contribution in [3.05, 3.63) is 40.7 Å². The molecule has 0 aliphatic carbocycles. The average Bonchev–Trinajstić information content (AvgIpc) is 2.96. The number of benzene rings is 1. The zero-order valence-corrected chi connectivity index (χ0v) is 15.0. The molecule has 1 aliphatic rings. The normalized spacial score (nSPS) is 16.0. The van der Waals surface area contributed by atoms with E-state index < -0.39 is 0 Å². The molecule has 1 amide bonds. The van der Waals surface area contributed by atoms with E-state index in [0.717, 1.165) is 40.4 Å². The number of H-pyrrole nitrogens is 1. The summed E-state index contributed by atoms with van der Waals surface area (Å²) in [6, 6.07) is 5.89. The van der Waals surface area contributed by atoms with Gasteiger partial charge in [-0.05, 0) is 37.5 Å². The standard InChI is InChI=1S/C19H25N3O3/c1-12-13(2)21-22-17(12)6-7-19(23)20-10-14-8-15-4-5-16(24-3)9-18(15)25-11-14/h4-5,9,14H,6-8,10-11H2,1-3H3,(H,20,23)(H,21,22)/t14-/m0/s1. The number of nitrogens with one attached hydrogen (secondary N) is 2. The van der Waals surface area contributed by atoms with Crippen molar-refractivity contribution in [1.29, 1.82) is 0 Å². The van der Waals surface area contributed by atoms with Crippen LogP contribution in [0.2, 0.25) is 0 Å². The molecule has 0 fully saturated rings. The fourth-order valence-electron chi connectivity index (χ4n) is 3.03. The predicted molar refractivity (Wildman–Crippen MR) is 95.1 cm³/mol. The van der Waals surface area contributed by atoms with Gasteiger partial charge >= 0.3 is 0 Å². The topological polar surface area (TPSA) is 76.2 Å². The molecule has 0 radical (unpaired) electrons. The van der Waals surface area contributed by atoms with Crippen LogP contribution in [0.3, 0.4) is 0 Å². The van der Waals surface area contributed by atoms with Gasteiger partial charge in [-0.15, -0.1) is 0 Å². The first-order valence-corrected chi connectivity index (χ1v) is 8.63. The Morgan fingerprint density at radius 1 is 1.44 bits per heavy atom. The maximum Gasteiger partial charge on any atom is 0.220 e. The van der Waals surface area contributed by atoms with E-state index in [0.29, 0.717) is 31.9 Å². The van der Waals surface area contributed by atoms with Crippen LogP contribution in [-0.4, -0.2) is 36.4 Å². The van der Waals surface area contributed by atoms with Crippen molar-refractivity contribution in [1.82, 2.24) is 15.5 Å². The molecule has 2 N–H and O–H groups in total. The van der Waals surface area contributed by atoms with E-state index >= 15 is 0 Å². The Balaban J connectivity index is 1.45. The molecule has 2 aromatic rings. The number of ether oxygens (including phenoxy) is 2. The molecule has 134 valence electrons.